The van der Waals surface area contributed by atoms with E-state index in [1.807, 2.05) is 31.2 Å². The molecule has 66 valence electrons. The smallest absolute Gasteiger partial charge is 0.115 e. The highest BCUT2D eigenvalue weighted by atomic mass is 16.3. The Morgan fingerprint density at radius 2 is 1.83 bits per heavy atom. The lowest BCUT2D eigenvalue weighted by molar-refractivity contribution is 0.286. The lowest BCUT2D eigenvalue weighted by atomic mass is 10.2. The highest BCUT2D eigenvalue weighted by Crippen LogP contribution is 2.08. The van der Waals surface area contributed by atoms with E-state index in [2.05, 4.69) is 5.43 Å². The van der Waals surface area contributed by atoms with Crippen molar-refractivity contribution in [3.05, 3.63) is 29.8 Å². The van der Waals surface area contributed by atoms with Crippen LogP contribution >= 0.6 is 0 Å². The summed E-state index contributed by atoms with van der Waals surface area (Å²) in [4.78, 5) is 0. The van der Waals surface area contributed by atoms with Gasteiger partial charge in [-0.2, -0.15) is 0 Å². The maximum absolute atomic E-state index is 9.00. The first kappa shape index (κ1) is 9.03. The number of hydrogen-bond donors (Lipinski definition) is 2. The fourth-order valence-electron chi connectivity index (χ4n) is 0.863. The van der Waals surface area contributed by atoms with Crippen molar-refractivity contribution in [1.29, 1.82) is 0 Å². The van der Waals surface area contributed by atoms with Crippen LogP contribution in [0.15, 0.2) is 24.3 Å². The molecule has 0 aliphatic carbocycles. The van der Waals surface area contributed by atoms with Gasteiger partial charge in [-0.05, 0) is 17.7 Å². The summed E-state index contributed by atoms with van der Waals surface area (Å²) in [5.74, 6) is 0.309. The zero-order valence-electron chi connectivity index (χ0n) is 7.41. The van der Waals surface area contributed by atoms with E-state index in [4.69, 9.17) is 5.11 Å². The molecule has 0 atom stereocenters. The quantitative estimate of drug-likeness (QED) is 0.656. The molecule has 0 unspecified atom stereocenters. The summed E-state index contributed by atoms with van der Waals surface area (Å²) in [6.45, 7) is 0.785. The molecule has 0 saturated carbocycles. The fraction of sp³-hybridized carbons (Fsp3) is 0.333. The molecule has 0 amide bonds. The fourth-order valence-corrected chi connectivity index (χ4v) is 0.863. The number of aromatic hydroxyl groups is 1. The third kappa shape index (κ3) is 2.90. The first-order valence-electron chi connectivity index (χ1n) is 3.87. The molecule has 0 heterocycles. The summed E-state index contributed by atoms with van der Waals surface area (Å²) in [6, 6.07) is 7.16. The van der Waals surface area contributed by atoms with Gasteiger partial charge in [0, 0.05) is 20.6 Å². The Bertz CT molecular complexity index is 231. The van der Waals surface area contributed by atoms with Gasteiger partial charge in [-0.25, -0.2) is 0 Å². The Morgan fingerprint density at radius 3 is 2.33 bits per heavy atom. The van der Waals surface area contributed by atoms with Gasteiger partial charge in [-0.1, -0.05) is 12.1 Å². The minimum Gasteiger partial charge on any atom is -0.508 e. The molecule has 0 saturated heterocycles. The van der Waals surface area contributed by atoms with E-state index in [0.717, 1.165) is 12.1 Å². The molecular formula is C9H14N2O. The highest BCUT2D eigenvalue weighted by Gasteiger charge is 1.92. The number of hydrazine groups is 1. The van der Waals surface area contributed by atoms with E-state index in [1.54, 1.807) is 12.1 Å². The first-order chi connectivity index (χ1) is 5.68. The van der Waals surface area contributed by atoms with Crippen LogP contribution in [0, 0.1) is 0 Å². The molecule has 1 rings (SSSR count). The van der Waals surface area contributed by atoms with Crippen LogP contribution in [-0.2, 0) is 6.54 Å². The van der Waals surface area contributed by atoms with Crippen molar-refractivity contribution in [3.8, 4) is 5.75 Å². The second-order valence-electron chi connectivity index (χ2n) is 2.90. The number of nitrogens with zero attached hydrogens (tertiary/aromatic N) is 1. The van der Waals surface area contributed by atoms with Crippen molar-refractivity contribution in [2.24, 2.45) is 0 Å². The summed E-state index contributed by atoms with van der Waals surface area (Å²) < 4.78 is 0. The van der Waals surface area contributed by atoms with E-state index in [0.29, 0.717) is 5.75 Å². The predicted molar refractivity (Wildman–Crippen MR) is 48.6 cm³/mol. The standard InChI is InChI=1S/C9H14N2O/c1-11(2)10-7-8-3-5-9(12)6-4-8/h3-6,10,12H,7H2,1-2H3. The van der Waals surface area contributed by atoms with Crippen molar-refractivity contribution in [1.82, 2.24) is 10.4 Å². The molecule has 12 heavy (non-hydrogen) atoms. The van der Waals surface area contributed by atoms with Crippen molar-refractivity contribution >= 4 is 0 Å². The molecule has 3 nitrogen and oxygen atoms in total. The topological polar surface area (TPSA) is 35.5 Å². The van der Waals surface area contributed by atoms with Gasteiger partial charge in [0.15, 0.2) is 0 Å². The molecular weight excluding hydrogens is 152 g/mol. The Balaban J connectivity index is 2.48. The van der Waals surface area contributed by atoms with E-state index >= 15 is 0 Å². The minimum atomic E-state index is 0.309. The molecule has 0 spiro atoms. The van der Waals surface area contributed by atoms with Gasteiger partial charge in [-0.3, -0.25) is 10.4 Å². The SMILES string of the molecule is CN(C)NCc1ccc(O)cc1. The average molecular weight is 166 g/mol. The van der Waals surface area contributed by atoms with E-state index in [-0.39, 0.29) is 0 Å². The summed E-state index contributed by atoms with van der Waals surface area (Å²) in [7, 11) is 3.89. The molecule has 1 aromatic rings. The van der Waals surface area contributed by atoms with Crippen LogP contribution in [0.25, 0.3) is 0 Å². The Hall–Kier alpha value is -1.06. The first-order valence-corrected chi connectivity index (χ1v) is 3.87. The van der Waals surface area contributed by atoms with Gasteiger partial charge in [0.1, 0.15) is 5.75 Å². The largest absolute Gasteiger partial charge is 0.508 e. The predicted octanol–water partition coefficient (Wildman–Crippen LogP) is 0.958. The van der Waals surface area contributed by atoms with E-state index < -0.39 is 0 Å². The Morgan fingerprint density at radius 1 is 1.25 bits per heavy atom. The number of benzene rings is 1. The molecule has 0 radical (unpaired) electrons. The maximum Gasteiger partial charge on any atom is 0.115 e. The molecule has 0 bridgehead atoms. The van der Waals surface area contributed by atoms with Crippen molar-refractivity contribution in [2.75, 3.05) is 14.1 Å². The number of rotatable bonds is 3. The molecule has 0 fully saturated rings. The minimum absolute atomic E-state index is 0.309. The van der Waals surface area contributed by atoms with Crippen molar-refractivity contribution in [2.45, 2.75) is 6.54 Å². The third-order valence-corrected chi connectivity index (χ3v) is 1.54. The zero-order valence-corrected chi connectivity index (χ0v) is 7.41. The highest BCUT2D eigenvalue weighted by molar-refractivity contribution is 5.25. The summed E-state index contributed by atoms with van der Waals surface area (Å²) in [6.07, 6.45) is 0. The lowest BCUT2D eigenvalue weighted by Gasteiger charge is -2.11. The second kappa shape index (κ2) is 4.09. The van der Waals surface area contributed by atoms with Crippen LogP contribution in [0.1, 0.15) is 5.56 Å². The number of nitrogens with one attached hydrogen (secondary N) is 1. The normalized spacial score (nSPS) is 10.6. The van der Waals surface area contributed by atoms with Crippen LogP contribution < -0.4 is 5.43 Å². The van der Waals surface area contributed by atoms with Gasteiger partial charge in [0.25, 0.3) is 0 Å². The lowest BCUT2D eigenvalue weighted by Crippen LogP contribution is -2.29. The molecule has 1 aromatic carbocycles. The van der Waals surface area contributed by atoms with Crippen LogP contribution in [0.3, 0.4) is 0 Å². The number of hydrogen-bond acceptors (Lipinski definition) is 3. The number of phenolic OH excluding ortho intramolecular Hbond substituents is 1. The van der Waals surface area contributed by atoms with Gasteiger partial charge in [0.2, 0.25) is 0 Å². The van der Waals surface area contributed by atoms with Gasteiger partial charge >= 0.3 is 0 Å². The van der Waals surface area contributed by atoms with Gasteiger partial charge in [-0.15, -0.1) is 0 Å². The van der Waals surface area contributed by atoms with Crippen molar-refractivity contribution in [3.63, 3.8) is 0 Å². The Labute approximate surface area is 72.6 Å². The molecule has 0 aromatic heterocycles. The van der Waals surface area contributed by atoms with E-state index in [9.17, 15) is 0 Å². The van der Waals surface area contributed by atoms with Crippen LogP contribution in [0.5, 0.6) is 5.75 Å². The summed E-state index contributed by atoms with van der Waals surface area (Å²) in [5, 5.41) is 10.9. The van der Waals surface area contributed by atoms with Crippen LogP contribution in [0.4, 0.5) is 0 Å². The molecule has 0 aliphatic rings. The summed E-state index contributed by atoms with van der Waals surface area (Å²) in [5.41, 5.74) is 4.29. The number of phenols is 1. The van der Waals surface area contributed by atoms with E-state index in [1.165, 1.54) is 0 Å². The van der Waals surface area contributed by atoms with Gasteiger partial charge < -0.3 is 5.11 Å². The molecule has 0 aliphatic heterocycles. The Kier molecular flexibility index (Phi) is 3.08. The monoisotopic (exact) mass is 166 g/mol. The summed E-state index contributed by atoms with van der Waals surface area (Å²) >= 11 is 0. The van der Waals surface area contributed by atoms with Crippen LogP contribution in [-0.4, -0.2) is 24.2 Å². The zero-order chi connectivity index (χ0) is 8.97. The second-order valence-corrected chi connectivity index (χ2v) is 2.90. The van der Waals surface area contributed by atoms with Crippen LogP contribution in [0.2, 0.25) is 0 Å². The molecule has 2 N–H and O–H groups in total. The maximum atomic E-state index is 9.00. The average Bonchev–Trinajstić information content (AvgIpc) is 2.03. The van der Waals surface area contributed by atoms with Gasteiger partial charge in [0.05, 0.1) is 0 Å². The van der Waals surface area contributed by atoms with Crippen molar-refractivity contribution < 1.29 is 5.11 Å². The molecule has 3 heteroatoms. The third-order valence-electron chi connectivity index (χ3n) is 1.54.